The van der Waals surface area contributed by atoms with Gasteiger partial charge in [-0.15, -0.1) is 0 Å². The van der Waals surface area contributed by atoms with Crippen LogP contribution in [-0.2, 0) is 0 Å². The van der Waals surface area contributed by atoms with E-state index in [9.17, 15) is 9.59 Å². The summed E-state index contributed by atoms with van der Waals surface area (Å²) in [6.07, 6.45) is 2.65. The molecule has 0 spiro atoms. The largest absolute Gasteiger partial charge is 0.289 e. The van der Waals surface area contributed by atoms with E-state index in [2.05, 4.69) is 0 Å². The molecule has 0 bridgehead atoms. The average molecular weight is 172 g/mol. The Kier molecular flexibility index (Phi) is 1.62. The van der Waals surface area contributed by atoms with Crippen molar-refractivity contribution in [3.05, 3.63) is 47.0 Å². The molecular formula is C11H8O2. The van der Waals surface area contributed by atoms with Gasteiger partial charge in [-0.25, -0.2) is 0 Å². The van der Waals surface area contributed by atoms with Crippen molar-refractivity contribution in [1.29, 1.82) is 0 Å². The molecule has 0 saturated carbocycles. The van der Waals surface area contributed by atoms with Crippen molar-refractivity contribution in [1.82, 2.24) is 0 Å². The Morgan fingerprint density at radius 2 is 1.69 bits per heavy atom. The molecule has 2 heteroatoms. The van der Waals surface area contributed by atoms with Crippen LogP contribution in [0.5, 0.6) is 0 Å². The monoisotopic (exact) mass is 172 g/mol. The van der Waals surface area contributed by atoms with E-state index in [0.717, 1.165) is 5.56 Å². The van der Waals surface area contributed by atoms with Crippen molar-refractivity contribution in [3.63, 3.8) is 0 Å². The first-order valence-corrected chi connectivity index (χ1v) is 4.06. The molecule has 0 heterocycles. The summed E-state index contributed by atoms with van der Waals surface area (Å²) in [7, 11) is 0. The summed E-state index contributed by atoms with van der Waals surface area (Å²) in [5.41, 5.74) is 1.93. The summed E-state index contributed by atoms with van der Waals surface area (Å²) < 4.78 is 0. The van der Waals surface area contributed by atoms with Crippen molar-refractivity contribution in [2.45, 2.75) is 6.92 Å². The smallest absolute Gasteiger partial charge is 0.186 e. The molecule has 1 aromatic carbocycles. The van der Waals surface area contributed by atoms with Gasteiger partial charge in [0.2, 0.25) is 0 Å². The van der Waals surface area contributed by atoms with Crippen molar-refractivity contribution in [2.75, 3.05) is 0 Å². The van der Waals surface area contributed by atoms with Gasteiger partial charge in [0.1, 0.15) is 0 Å². The first-order chi connectivity index (χ1) is 6.20. The Morgan fingerprint density at radius 3 is 2.38 bits per heavy atom. The summed E-state index contributed by atoms with van der Waals surface area (Å²) >= 11 is 0. The van der Waals surface area contributed by atoms with Gasteiger partial charge in [-0.2, -0.15) is 0 Å². The molecule has 0 aromatic heterocycles. The van der Waals surface area contributed by atoms with E-state index in [0.29, 0.717) is 11.1 Å². The lowest BCUT2D eigenvalue weighted by molar-refractivity contribution is 0.0993. The normalized spacial score (nSPS) is 14.5. The van der Waals surface area contributed by atoms with Gasteiger partial charge in [-0.3, -0.25) is 9.59 Å². The third-order valence-electron chi connectivity index (χ3n) is 2.17. The number of carbonyl (C=O) groups is 2. The second-order valence-electron chi connectivity index (χ2n) is 3.06. The van der Waals surface area contributed by atoms with Gasteiger partial charge in [0, 0.05) is 11.1 Å². The van der Waals surface area contributed by atoms with E-state index in [1.54, 1.807) is 12.1 Å². The molecule has 64 valence electrons. The first kappa shape index (κ1) is 7.92. The minimum absolute atomic E-state index is 0.0762. The van der Waals surface area contributed by atoms with Gasteiger partial charge in [0.05, 0.1) is 0 Å². The van der Waals surface area contributed by atoms with Crippen LogP contribution in [0.4, 0.5) is 0 Å². The van der Waals surface area contributed by atoms with E-state index in [1.807, 2.05) is 13.0 Å². The van der Waals surface area contributed by atoms with Crippen LogP contribution >= 0.6 is 0 Å². The highest BCUT2D eigenvalue weighted by molar-refractivity contribution is 6.22. The third kappa shape index (κ3) is 1.11. The number of fused-ring (bicyclic) bond motifs is 1. The summed E-state index contributed by atoms with van der Waals surface area (Å²) in [6, 6.07) is 5.31. The molecule has 0 aliphatic heterocycles. The second kappa shape index (κ2) is 2.66. The predicted molar refractivity (Wildman–Crippen MR) is 49.0 cm³/mol. The van der Waals surface area contributed by atoms with Crippen LogP contribution in [0.25, 0.3) is 0 Å². The van der Waals surface area contributed by atoms with Crippen LogP contribution in [0.1, 0.15) is 26.3 Å². The first-order valence-electron chi connectivity index (χ1n) is 4.06. The van der Waals surface area contributed by atoms with Crippen LogP contribution in [0.15, 0.2) is 30.4 Å². The number of ketones is 2. The molecule has 0 fully saturated rings. The van der Waals surface area contributed by atoms with Crippen LogP contribution in [0.2, 0.25) is 0 Å². The van der Waals surface area contributed by atoms with Crippen LogP contribution in [0.3, 0.4) is 0 Å². The molecular weight excluding hydrogens is 164 g/mol. The number of aryl methyl sites for hydroxylation is 1. The summed E-state index contributed by atoms with van der Waals surface area (Å²) in [5.74, 6) is -0.161. The number of rotatable bonds is 0. The van der Waals surface area contributed by atoms with E-state index < -0.39 is 0 Å². The Bertz CT molecular complexity index is 428. The molecule has 2 rings (SSSR count). The molecule has 1 aliphatic carbocycles. The van der Waals surface area contributed by atoms with Crippen molar-refractivity contribution < 1.29 is 9.59 Å². The number of hydrogen-bond acceptors (Lipinski definition) is 2. The third-order valence-corrected chi connectivity index (χ3v) is 2.17. The predicted octanol–water partition coefficient (Wildman–Crippen LogP) is 1.93. The molecule has 0 unspecified atom stereocenters. The highest BCUT2D eigenvalue weighted by atomic mass is 16.1. The molecule has 0 saturated heterocycles. The summed E-state index contributed by atoms with van der Waals surface area (Å²) in [4.78, 5) is 22.8. The molecule has 1 aromatic rings. The number of benzene rings is 1. The fraction of sp³-hybridized carbons (Fsp3) is 0.0909. The Balaban J connectivity index is 2.76. The fourth-order valence-electron chi connectivity index (χ4n) is 1.52. The highest BCUT2D eigenvalue weighted by Crippen LogP contribution is 2.19. The molecule has 0 amide bonds. The van der Waals surface area contributed by atoms with Gasteiger partial charge in [-0.1, -0.05) is 18.2 Å². The van der Waals surface area contributed by atoms with Crippen molar-refractivity contribution in [2.24, 2.45) is 0 Å². The minimum Gasteiger partial charge on any atom is -0.289 e. The maximum atomic E-state index is 11.4. The number of hydrogen-bond donors (Lipinski definition) is 0. The molecule has 13 heavy (non-hydrogen) atoms. The number of allylic oxidation sites excluding steroid dienone is 2. The maximum absolute atomic E-state index is 11.4. The van der Waals surface area contributed by atoms with Crippen LogP contribution in [-0.4, -0.2) is 11.6 Å². The molecule has 0 N–H and O–H groups in total. The molecule has 0 radical (unpaired) electrons. The van der Waals surface area contributed by atoms with Crippen LogP contribution in [0, 0.1) is 6.92 Å². The minimum atomic E-state index is -0.0849. The second-order valence-corrected chi connectivity index (χ2v) is 3.06. The zero-order valence-corrected chi connectivity index (χ0v) is 7.20. The Labute approximate surface area is 75.9 Å². The van der Waals surface area contributed by atoms with E-state index in [-0.39, 0.29) is 11.6 Å². The lowest BCUT2D eigenvalue weighted by atomic mass is 9.91. The summed E-state index contributed by atoms with van der Waals surface area (Å²) in [5, 5.41) is 0. The zero-order valence-electron chi connectivity index (χ0n) is 7.20. The standard InChI is InChI=1S/C11H8O2/c1-7-3-2-4-8-9(12)5-6-10(13)11(7)8/h2-6H,1H3. The van der Waals surface area contributed by atoms with Gasteiger partial charge < -0.3 is 0 Å². The molecule has 1 aliphatic rings. The van der Waals surface area contributed by atoms with Crippen molar-refractivity contribution >= 4 is 11.6 Å². The van der Waals surface area contributed by atoms with Crippen LogP contribution < -0.4 is 0 Å². The van der Waals surface area contributed by atoms with Crippen molar-refractivity contribution in [3.8, 4) is 0 Å². The van der Waals surface area contributed by atoms with Gasteiger partial charge >= 0.3 is 0 Å². The Morgan fingerprint density at radius 1 is 1.00 bits per heavy atom. The van der Waals surface area contributed by atoms with E-state index in [4.69, 9.17) is 0 Å². The lowest BCUT2D eigenvalue weighted by Gasteiger charge is -2.10. The topological polar surface area (TPSA) is 34.1 Å². The van der Waals surface area contributed by atoms with Gasteiger partial charge in [0.25, 0.3) is 0 Å². The zero-order chi connectivity index (χ0) is 9.42. The molecule has 0 atom stereocenters. The average Bonchev–Trinajstić information content (AvgIpc) is 2.12. The Hall–Kier alpha value is -1.70. The quantitative estimate of drug-likeness (QED) is 0.599. The lowest BCUT2D eigenvalue weighted by Crippen LogP contribution is -2.12. The highest BCUT2D eigenvalue weighted by Gasteiger charge is 2.19. The summed E-state index contributed by atoms with van der Waals surface area (Å²) in [6.45, 7) is 1.84. The number of carbonyl (C=O) groups excluding carboxylic acids is 2. The fourth-order valence-corrected chi connectivity index (χ4v) is 1.52. The van der Waals surface area contributed by atoms with Gasteiger partial charge in [-0.05, 0) is 24.6 Å². The molecule has 2 nitrogen and oxygen atoms in total. The maximum Gasteiger partial charge on any atom is 0.186 e. The van der Waals surface area contributed by atoms with E-state index in [1.165, 1.54) is 12.2 Å². The SMILES string of the molecule is Cc1cccc2c1C(=O)C=CC2=O. The van der Waals surface area contributed by atoms with Gasteiger partial charge in [0.15, 0.2) is 11.6 Å². The van der Waals surface area contributed by atoms with E-state index >= 15 is 0 Å².